The third-order valence-electron chi connectivity index (χ3n) is 6.35. The molecular formula is C26H25F2N3O4. The number of aliphatic hydroxyl groups excluding tert-OH is 1. The van der Waals surface area contributed by atoms with E-state index in [1.165, 1.54) is 17.0 Å². The van der Waals surface area contributed by atoms with E-state index in [1.54, 1.807) is 36.2 Å². The molecule has 0 saturated carbocycles. The van der Waals surface area contributed by atoms with Gasteiger partial charge >= 0.3 is 0 Å². The van der Waals surface area contributed by atoms with Crippen molar-refractivity contribution in [2.45, 2.75) is 12.5 Å². The molecule has 0 aliphatic carbocycles. The number of amides is 1. The van der Waals surface area contributed by atoms with Gasteiger partial charge in [0.25, 0.3) is 5.91 Å². The molecule has 2 heterocycles. The average molecular weight is 481 g/mol. The lowest BCUT2D eigenvalue weighted by atomic mass is 9.82. The highest BCUT2D eigenvalue weighted by Crippen LogP contribution is 2.44. The number of carbonyl (C=O) groups excluding carboxylic acids is 2. The number of allylic oxidation sites excluding steroid dienone is 1. The zero-order valence-electron chi connectivity index (χ0n) is 19.4. The molecule has 35 heavy (non-hydrogen) atoms. The highest BCUT2D eigenvalue weighted by atomic mass is 19.2. The van der Waals surface area contributed by atoms with Gasteiger partial charge in [0, 0.05) is 25.2 Å². The summed E-state index contributed by atoms with van der Waals surface area (Å²) in [4.78, 5) is 27.1. The molecule has 0 radical (unpaired) electrons. The number of hydrazine groups is 1. The van der Waals surface area contributed by atoms with E-state index in [4.69, 9.17) is 4.74 Å². The van der Waals surface area contributed by atoms with Crippen LogP contribution in [0.3, 0.4) is 0 Å². The standard InChI is InChI=1S/C26H25F2N3O4/c1-4-21(32)24(33)23-25(34)30-12-8-9-13-35-22-15-20(28)19(27)14-18(22)26(2,31(16-30)29(23)3)17-10-6-5-7-11-17/h4-11,14-15,33H,1,12-13,16H2,2-3H3/b9-8-,24-23+/t26-/m1/s1. The van der Waals surface area contributed by atoms with Crippen LogP contribution in [0.1, 0.15) is 18.1 Å². The normalized spacial score (nSPS) is 24.6. The van der Waals surface area contributed by atoms with E-state index < -0.39 is 34.6 Å². The Kier molecular flexibility index (Phi) is 6.45. The highest BCUT2D eigenvalue weighted by Gasteiger charge is 2.47. The zero-order valence-corrected chi connectivity index (χ0v) is 19.4. The summed E-state index contributed by atoms with van der Waals surface area (Å²) in [5, 5.41) is 13.8. The lowest BCUT2D eigenvalue weighted by Gasteiger charge is -2.52. The molecule has 2 atom stereocenters. The van der Waals surface area contributed by atoms with E-state index in [0.717, 1.165) is 18.2 Å². The number of ether oxygens (including phenoxy) is 1. The Balaban J connectivity index is 2.05. The number of aliphatic hydroxyl groups is 1. The molecule has 2 aromatic carbocycles. The lowest BCUT2D eigenvalue weighted by Crippen LogP contribution is -2.63. The van der Waals surface area contributed by atoms with Gasteiger partial charge in [0.15, 0.2) is 23.1 Å². The molecular weight excluding hydrogens is 456 g/mol. The van der Waals surface area contributed by atoms with Crippen LogP contribution in [0.25, 0.3) is 0 Å². The number of hydrogen-bond donors (Lipinski definition) is 1. The van der Waals surface area contributed by atoms with Crippen LogP contribution >= 0.6 is 0 Å². The smallest absolute Gasteiger partial charge is 0.276 e. The monoisotopic (exact) mass is 481 g/mol. The fourth-order valence-electron chi connectivity index (χ4n) is 4.42. The fourth-order valence-corrected chi connectivity index (χ4v) is 4.42. The number of halogens is 2. The number of likely N-dealkylation sites (N-methyl/N-ethyl adjacent to an activating group) is 1. The van der Waals surface area contributed by atoms with Gasteiger partial charge < -0.3 is 14.7 Å². The summed E-state index contributed by atoms with van der Waals surface area (Å²) < 4.78 is 34.8. The molecule has 1 saturated heterocycles. The minimum absolute atomic E-state index is 0.0164. The molecule has 4 rings (SSSR count). The Morgan fingerprint density at radius 1 is 1.17 bits per heavy atom. The highest BCUT2D eigenvalue weighted by molar-refractivity contribution is 6.08. The Morgan fingerprint density at radius 3 is 2.54 bits per heavy atom. The molecule has 2 bridgehead atoms. The Labute approximate surface area is 201 Å². The summed E-state index contributed by atoms with van der Waals surface area (Å²) in [6.45, 7) is 5.39. The first-order valence-corrected chi connectivity index (χ1v) is 10.9. The first kappa shape index (κ1) is 24.2. The molecule has 0 spiro atoms. The van der Waals surface area contributed by atoms with Crippen LogP contribution in [-0.2, 0) is 15.1 Å². The summed E-state index contributed by atoms with van der Waals surface area (Å²) in [6.07, 6.45) is 4.26. The summed E-state index contributed by atoms with van der Waals surface area (Å²) in [6, 6.07) is 11.1. The Morgan fingerprint density at radius 2 is 1.86 bits per heavy atom. The molecule has 2 aliphatic rings. The zero-order chi connectivity index (χ0) is 25.3. The SMILES string of the molecule is C=CC(=O)/C(O)=C1/C(=O)N2C/C=C\COc3cc(F)c(F)cc3[C@@](C)(c3ccccc3)[N@@](C2)N1C. The Bertz CT molecular complexity index is 1240. The van der Waals surface area contributed by atoms with Crippen molar-refractivity contribution in [1.82, 2.24) is 14.9 Å². The quantitative estimate of drug-likeness (QED) is 0.410. The van der Waals surface area contributed by atoms with Crippen LogP contribution in [0.4, 0.5) is 8.78 Å². The molecule has 182 valence electrons. The van der Waals surface area contributed by atoms with Gasteiger partial charge in [0.05, 0.1) is 12.2 Å². The topological polar surface area (TPSA) is 73.3 Å². The van der Waals surface area contributed by atoms with Crippen molar-refractivity contribution in [3.05, 3.63) is 101 Å². The predicted octanol–water partition coefficient (Wildman–Crippen LogP) is 3.65. The van der Waals surface area contributed by atoms with Gasteiger partial charge in [-0.05, 0) is 30.7 Å². The number of nitrogens with zero attached hydrogens (tertiary/aromatic N) is 3. The van der Waals surface area contributed by atoms with Crippen molar-refractivity contribution in [2.24, 2.45) is 0 Å². The molecule has 1 N–H and O–H groups in total. The largest absolute Gasteiger partial charge is 0.503 e. The summed E-state index contributed by atoms with van der Waals surface area (Å²) in [7, 11) is 1.52. The number of hydrogen-bond acceptors (Lipinski definition) is 6. The average Bonchev–Trinajstić information content (AvgIpc) is 2.88. The van der Waals surface area contributed by atoms with Crippen molar-refractivity contribution < 1.29 is 28.2 Å². The Hall–Kier alpha value is -3.98. The van der Waals surface area contributed by atoms with E-state index in [1.807, 2.05) is 18.2 Å². The van der Waals surface area contributed by atoms with Gasteiger partial charge in [-0.1, -0.05) is 43.0 Å². The van der Waals surface area contributed by atoms with Crippen LogP contribution in [0, 0.1) is 11.6 Å². The minimum Gasteiger partial charge on any atom is -0.503 e. The predicted molar refractivity (Wildman–Crippen MR) is 125 cm³/mol. The molecule has 7 nitrogen and oxygen atoms in total. The maximum Gasteiger partial charge on any atom is 0.276 e. The van der Waals surface area contributed by atoms with Crippen molar-refractivity contribution in [3.63, 3.8) is 0 Å². The van der Waals surface area contributed by atoms with Gasteiger partial charge in [0.2, 0.25) is 5.78 Å². The third-order valence-corrected chi connectivity index (χ3v) is 6.35. The van der Waals surface area contributed by atoms with E-state index in [2.05, 4.69) is 6.58 Å². The number of rotatable bonds is 3. The van der Waals surface area contributed by atoms with Gasteiger partial charge in [-0.2, -0.15) is 5.01 Å². The number of benzene rings is 2. The maximum atomic E-state index is 14.7. The van der Waals surface area contributed by atoms with Crippen LogP contribution in [0.2, 0.25) is 0 Å². The lowest BCUT2D eigenvalue weighted by molar-refractivity contribution is -0.159. The first-order chi connectivity index (χ1) is 16.7. The molecule has 2 aliphatic heterocycles. The third kappa shape index (κ3) is 4.08. The second-order valence-corrected chi connectivity index (χ2v) is 8.34. The van der Waals surface area contributed by atoms with Crippen molar-refractivity contribution in [3.8, 4) is 5.75 Å². The van der Waals surface area contributed by atoms with Gasteiger partial charge in [-0.25, -0.2) is 8.78 Å². The summed E-state index contributed by atoms with van der Waals surface area (Å²) in [5.41, 5.74) is -0.515. The van der Waals surface area contributed by atoms with E-state index in [0.29, 0.717) is 11.1 Å². The van der Waals surface area contributed by atoms with Crippen molar-refractivity contribution in [2.75, 3.05) is 26.9 Å². The number of carbonyl (C=O) groups is 2. The molecule has 1 amide bonds. The molecule has 1 fully saturated rings. The maximum absolute atomic E-state index is 14.7. The van der Waals surface area contributed by atoms with Crippen LogP contribution < -0.4 is 4.74 Å². The first-order valence-electron chi connectivity index (χ1n) is 10.9. The molecule has 2 aromatic rings. The summed E-state index contributed by atoms with van der Waals surface area (Å²) >= 11 is 0. The fraction of sp³-hybridized carbons (Fsp3) is 0.231. The van der Waals surface area contributed by atoms with E-state index >= 15 is 0 Å². The number of fused-ring (bicyclic) bond motifs is 3. The second kappa shape index (κ2) is 9.34. The van der Waals surface area contributed by atoms with E-state index in [-0.39, 0.29) is 31.3 Å². The van der Waals surface area contributed by atoms with Crippen molar-refractivity contribution in [1.29, 1.82) is 0 Å². The van der Waals surface area contributed by atoms with Crippen LogP contribution in [-0.4, -0.2) is 58.6 Å². The van der Waals surface area contributed by atoms with Crippen LogP contribution in [0.15, 0.2) is 78.7 Å². The van der Waals surface area contributed by atoms with Gasteiger partial charge in [0.1, 0.15) is 12.4 Å². The summed E-state index contributed by atoms with van der Waals surface area (Å²) in [5.74, 6) is -4.15. The van der Waals surface area contributed by atoms with E-state index in [9.17, 15) is 23.5 Å². The molecule has 9 heteroatoms. The molecule has 0 unspecified atom stereocenters. The number of ketones is 1. The van der Waals surface area contributed by atoms with Gasteiger partial charge in [-0.3, -0.25) is 14.6 Å². The van der Waals surface area contributed by atoms with Crippen LogP contribution in [0.5, 0.6) is 5.75 Å². The second-order valence-electron chi connectivity index (χ2n) is 8.34. The molecule has 0 aromatic heterocycles. The van der Waals surface area contributed by atoms with Gasteiger partial charge in [-0.15, -0.1) is 0 Å². The minimum atomic E-state index is -1.23. The van der Waals surface area contributed by atoms with Crippen molar-refractivity contribution >= 4 is 11.7 Å².